The Morgan fingerprint density at radius 2 is 1.70 bits per heavy atom. The smallest absolute Gasteiger partial charge is 0.161 e. The van der Waals surface area contributed by atoms with Crippen LogP contribution in [-0.4, -0.2) is 37.4 Å². The molecular formula is C19H23NO3. The molecule has 3 rings (SSSR count). The lowest BCUT2D eigenvalue weighted by Crippen LogP contribution is -2.35. The third kappa shape index (κ3) is 3.19. The first kappa shape index (κ1) is 15.8. The maximum atomic E-state index is 9.88. The third-order valence-corrected chi connectivity index (χ3v) is 4.55. The average molecular weight is 313 g/mol. The third-order valence-electron chi connectivity index (χ3n) is 4.55. The lowest BCUT2D eigenvalue weighted by atomic mass is 9.96. The number of ether oxygens (including phenoxy) is 2. The van der Waals surface area contributed by atoms with Gasteiger partial charge in [-0.2, -0.15) is 0 Å². The normalized spacial score (nSPS) is 15.8. The number of hydrogen-bond donors (Lipinski definition) is 1. The number of aliphatic hydroxyl groups excluding tert-OH is 1. The SMILES string of the molecule is COc1cc2c(cc1OC)CN([C@H](CO)c1ccccc1)CC2. The number of aliphatic hydroxyl groups is 1. The molecule has 0 saturated heterocycles. The molecule has 0 aromatic heterocycles. The zero-order valence-electron chi connectivity index (χ0n) is 13.7. The molecule has 4 nitrogen and oxygen atoms in total. The van der Waals surface area contributed by atoms with Crippen molar-refractivity contribution in [3.05, 3.63) is 59.2 Å². The number of nitrogens with zero attached hydrogens (tertiary/aromatic N) is 1. The van der Waals surface area contributed by atoms with E-state index in [0.29, 0.717) is 0 Å². The molecule has 0 saturated carbocycles. The van der Waals surface area contributed by atoms with E-state index < -0.39 is 0 Å². The first-order chi connectivity index (χ1) is 11.3. The number of methoxy groups -OCH3 is 2. The molecule has 2 aromatic rings. The molecule has 4 heteroatoms. The number of benzene rings is 2. The van der Waals surface area contributed by atoms with E-state index in [1.807, 2.05) is 18.2 Å². The van der Waals surface area contributed by atoms with Gasteiger partial charge in [-0.25, -0.2) is 0 Å². The zero-order chi connectivity index (χ0) is 16.2. The van der Waals surface area contributed by atoms with E-state index in [-0.39, 0.29) is 12.6 Å². The highest BCUT2D eigenvalue weighted by Gasteiger charge is 2.25. The predicted molar refractivity (Wildman–Crippen MR) is 89.9 cm³/mol. The Labute approximate surface area is 137 Å². The van der Waals surface area contributed by atoms with Gasteiger partial charge in [-0.3, -0.25) is 4.90 Å². The van der Waals surface area contributed by atoms with Gasteiger partial charge in [0.2, 0.25) is 0 Å². The fourth-order valence-electron chi connectivity index (χ4n) is 3.28. The van der Waals surface area contributed by atoms with Gasteiger partial charge in [-0.05, 0) is 35.2 Å². The molecule has 0 amide bonds. The molecule has 1 aliphatic rings. The Balaban J connectivity index is 1.87. The second-order valence-corrected chi connectivity index (χ2v) is 5.81. The van der Waals surface area contributed by atoms with Crippen LogP contribution in [-0.2, 0) is 13.0 Å². The van der Waals surface area contributed by atoms with Gasteiger partial charge in [0.1, 0.15) is 0 Å². The maximum absolute atomic E-state index is 9.88. The predicted octanol–water partition coefficient (Wildman–Crippen LogP) is 2.80. The number of rotatable bonds is 5. The van der Waals surface area contributed by atoms with Gasteiger partial charge < -0.3 is 14.6 Å². The van der Waals surface area contributed by atoms with Crippen molar-refractivity contribution in [2.75, 3.05) is 27.4 Å². The Morgan fingerprint density at radius 3 is 2.30 bits per heavy atom. The minimum atomic E-state index is 0.0254. The minimum Gasteiger partial charge on any atom is -0.493 e. The highest BCUT2D eigenvalue weighted by molar-refractivity contribution is 5.48. The van der Waals surface area contributed by atoms with Gasteiger partial charge in [0.05, 0.1) is 26.9 Å². The van der Waals surface area contributed by atoms with Crippen LogP contribution in [0.15, 0.2) is 42.5 Å². The van der Waals surface area contributed by atoms with Gasteiger partial charge in [0, 0.05) is 13.1 Å². The van der Waals surface area contributed by atoms with Crippen LogP contribution in [0.3, 0.4) is 0 Å². The fourth-order valence-corrected chi connectivity index (χ4v) is 3.28. The molecule has 0 spiro atoms. The monoisotopic (exact) mass is 313 g/mol. The molecule has 23 heavy (non-hydrogen) atoms. The van der Waals surface area contributed by atoms with Crippen LogP contribution < -0.4 is 9.47 Å². The highest BCUT2D eigenvalue weighted by Crippen LogP contribution is 2.35. The van der Waals surface area contributed by atoms with E-state index in [0.717, 1.165) is 36.6 Å². The van der Waals surface area contributed by atoms with E-state index in [2.05, 4.69) is 29.2 Å². The Hall–Kier alpha value is -2.04. The van der Waals surface area contributed by atoms with Crippen LogP contribution in [0, 0.1) is 0 Å². The van der Waals surface area contributed by atoms with Gasteiger partial charge in [0.25, 0.3) is 0 Å². The maximum Gasteiger partial charge on any atom is 0.161 e. The van der Waals surface area contributed by atoms with Crippen molar-refractivity contribution in [1.82, 2.24) is 4.90 Å². The quantitative estimate of drug-likeness (QED) is 0.922. The highest BCUT2D eigenvalue weighted by atomic mass is 16.5. The fraction of sp³-hybridized carbons (Fsp3) is 0.368. The van der Waals surface area contributed by atoms with Crippen LogP contribution in [0.4, 0.5) is 0 Å². The van der Waals surface area contributed by atoms with Crippen molar-refractivity contribution in [3.63, 3.8) is 0 Å². The van der Waals surface area contributed by atoms with E-state index in [9.17, 15) is 5.11 Å². The van der Waals surface area contributed by atoms with Crippen LogP contribution in [0.25, 0.3) is 0 Å². The Bertz CT molecular complexity index is 657. The molecule has 0 aliphatic carbocycles. The van der Waals surface area contributed by atoms with E-state index in [4.69, 9.17) is 9.47 Å². The van der Waals surface area contributed by atoms with Crippen LogP contribution in [0.5, 0.6) is 11.5 Å². The first-order valence-corrected chi connectivity index (χ1v) is 7.90. The van der Waals surface area contributed by atoms with Gasteiger partial charge in [-0.1, -0.05) is 30.3 Å². The van der Waals surface area contributed by atoms with Crippen molar-refractivity contribution >= 4 is 0 Å². The summed E-state index contributed by atoms with van der Waals surface area (Å²) in [6.45, 7) is 1.84. The lowest BCUT2D eigenvalue weighted by molar-refractivity contribution is 0.111. The second kappa shape index (κ2) is 7.02. The molecule has 0 bridgehead atoms. The van der Waals surface area contributed by atoms with Crippen molar-refractivity contribution in [2.45, 2.75) is 19.0 Å². The van der Waals surface area contributed by atoms with Crippen LogP contribution in [0.1, 0.15) is 22.7 Å². The Kier molecular flexibility index (Phi) is 4.84. The summed E-state index contributed by atoms with van der Waals surface area (Å²) in [6.07, 6.45) is 0.943. The zero-order valence-corrected chi connectivity index (χ0v) is 13.7. The van der Waals surface area contributed by atoms with Crippen molar-refractivity contribution < 1.29 is 14.6 Å². The number of hydrogen-bond acceptors (Lipinski definition) is 4. The summed E-state index contributed by atoms with van der Waals surface area (Å²) in [5.74, 6) is 1.54. The van der Waals surface area contributed by atoms with Crippen molar-refractivity contribution in [3.8, 4) is 11.5 Å². The minimum absolute atomic E-state index is 0.0254. The number of fused-ring (bicyclic) bond motifs is 1. The summed E-state index contributed by atoms with van der Waals surface area (Å²) in [6, 6.07) is 14.3. The Morgan fingerprint density at radius 1 is 1.04 bits per heavy atom. The molecule has 0 radical (unpaired) electrons. The molecular weight excluding hydrogens is 290 g/mol. The lowest BCUT2D eigenvalue weighted by Gasteiger charge is -2.35. The molecule has 2 aromatic carbocycles. The van der Waals surface area contributed by atoms with E-state index >= 15 is 0 Å². The molecule has 0 fully saturated rings. The summed E-state index contributed by atoms with van der Waals surface area (Å²) < 4.78 is 10.8. The second-order valence-electron chi connectivity index (χ2n) is 5.81. The molecule has 1 heterocycles. The van der Waals surface area contributed by atoms with Crippen molar-refractivity contribution in [2.24, 2.45) is 0 Å². The van der Waals surface area contributed by atoms with E-state index in [1.54, 1.807) is 14.2 Å². The molecule has 1 N–H and O–H groups in total. The van der Waals surface area contributed by atoms with Gasteiger partial charge in [-0.15, -0.1) is 0 Å². The molecule has 1 aliphatic heterocycles. The summed E-state index contributed by atoms with van der Waals surface area (Å²) in [4.78, 5) is 2.32. The summed E-state index contributed by atoms with van der Waals surface area (Å²) >= 11 is 0. The van der Waals surface area contributed by atoms with Gasteiger partial charge >= 0.3 is 0 Å². The molecule has 0 unspecified atom stereocenters. The van der Waals surface area contributed by atoms with Crippen LogP contribution >= 0.6 is 0 Å². The topological polar surface area (TPSA) is 41.9 Å². The summed E-state index contributed by atoms with van der Waals surface area (Å²) in [7, 11) is 3.32. The summed E-state index contributed by atoms with van der Waals surface area (Å²) in [5.41, 5.74) is 3.69. The standard InChI is InChI=1S/C19H23NO3/c1-22-18-10-15-8-9-20(12-16(15)11-19(18)23-2)17(13-21)14-6-4-3-5-7-14/h3-7,10-11,17,21H,8-9,12-13H2,1-2H3/t17-/m1/s1. The van der Waals surface area contributed by atoms with Crippen molar-refractivity contribution in [1.29, 1.82) is 0 Å². The van der Waals surface area contributed by atoms with Gasteiger partial charge in [0.15, 0.2) is 11.5 Å². The largest absolute Gasteiger partial charge is 0.493 e. The molecule has 122 valence electrons. The van der Waals surface area contributed by atoms with Crippen LogP contribution in [0.2, 0.25) is 0 Å². The average Bonchev–Trinajstić information content (AvgIpc) is 2.62. The molecule has 1 atom stereocenters. The summed E-state index contributed by atoms with van der Waals surface area (Å²) in [5, 5.41) is 9.88. The van der Waals surface area contributed by atoms with E-state index in [1.165, 1.54) is 11.1 Å². The first-order valence-electron chi connectivity index (χ1n) is 7.90.